The first-order valence-corrected chi connectivity index (χ1v) is 9.24. The number of methoxy groups -OCH3 is 1. The van der Waals surface area contributed by atoms with Crippen LogP contribution in [0.5, 0.6) is 11.5 Å². The van der Waals surface area contributed by atoms with E-state index in [4.69, 9.17) is 9.47 Å². The number of benzene rings is 1. The van der Waals surface area contributed by atoms with Gasteiger partial charge in [-0.15, -0.1) is 0 Å². The minimum Gasteiger partial charge on any atom is -0.497 e. The number of nitrogens with zero attached hydrogens (tertiary/aromatic N) is 2. The lowest BCUT2D eigenvalue weighted by atomic mass is 10.2. The third kappa shape index (κ3) is 7.96. The van der Waals surface area contributed by atoms with Crippen molar-refractivity contribution in [2.45, 2.75) is 25.5 Å². The second-order valence-electron chi connectivity index (χ2n) is 7.22. The molecule has 6 nitrogen and oxygen atoms in total. The molecular formula is C19H31F2N3O3. The molecule has 1 fully saturated rings. The summed E-state index contributed by atoms with van der Waals surface area (Å²) in [7, 11) is 3.64. The van der Waals surface area contributed by atoms with Crippen LogP contribution in [0.15, 0.2) is 18.2 Å². The van der Waals surface area contributed by atoms with Crippen LogP contribution < -0.4 is 14.8 Å². The Bertz CT molecular complexity index is 576. The highest BCUT2D eigenvalue weighted by atomic mass is 19.3. The molecule has 1 saturated heterocycles. The Balaban J connectivity index is 1.88. The van der Waals surface area contributed by atoms with Crippen LogP contribution >= 0.6 is 0 Å². The number of hydrogen-bond donors (Lipinski definition) is 2. The highest BCUT2D eigenvalue weighted by Crippen LogP contribution is 2.25. The van der Waals surface area contributed by atoms with Gasteiger partial charge in [-0.1, -0.05) is 6.07 Å². The summed E-state index contributed by atoms with van der Waals surface area (Å²) in [6.45, 7) is 5.22. The summed E-state index contributed by atoms with van der Waals surface area (Å²) < 4.78 is 37.0. The van der Waals surface area contributed by atoms with Gasteiger partial charge in [-0.25, -0.2) is 8.78 Å². The summed E-state index contributed by atoms with van der Waals surface area (Å²) in [4.78, 5) is 4.47. The van der Waals surface area contributed by atoms with Crippen molar-refractivity contribution < 1.29 is 23.4 Å². The van der Waals surface area contributed by atoms with Crippen LogP contribution in [-0.4, -0.2) is 87.0 Å². The lowest BCUT2D eigenvalue weighted by Gasteiger charge is -2.33. The smallest absolute Gasteiger partial charge is 0.257 e. The summed E-state index contributed by atoms with van der Waals surface area (Å²) >= 11 is 0. The first-order chi connectivity index (χ1) is 12.8. The molecule has 0 aromatic heterocycles. The fourth-order valence-electron chi connectivity index (χ4n) is 2.93. The zero-order chi connectivity index (χ0) is 19.9. The number of hydrogen-bond acceptors (Lipinski definition) is 6. The normalized spacial score (nSPS) is 17.7. The van der Waals surface area contributed by atoms with E-state index in [9.17, 15) is 13.9 Å². The van der Waals surface area contributed by atoms with Gasteiger partial charge in [-0.3, -0.25) is 4.90 Å². The maximum absolute atomic E-state index is 13.0. The van der Waals surface area contributed by atoms with Gasteiger partial charge in [0, 0.05) is 57.8 Å². The largest absolute Gasteiger partial charge is 0.497 e. The maximum atomic E-state index is 13.0. The number of alkyl halides is 2. The van der Waals surface area contributed by atoms with E-state index in [1.54, 1.807) is 25.3 Å². The molecule has 1 aliphatic heterocycles. The van der Waals surface area contributed by atoms with E-state index in [0.717, 1.165) is 38.7 Å². The second kappa shape index (κ2) is 10.2. The summed E-state index contributed by atoms with van der Waals surface area (Å²) in [6.07, 6.45) is -0.625. The standard InChI is InChI=1S/C19H31F2N3O3/c1-19(20,21)14-22-11-15-4-5-17(26-3)10-18(15)27-13-16(25)12-24-8-6-23(2)7-9-24/h4-5,10,16,22,25H,6-9,11-14H2,1-3H3. The molecule has 27 heavy (non-hydrogen) atoms. The van der Waals surface area contributed by atoms with Crippen molar-refractivity contribution in [1.29, 1.82) is 0 Å². The molecule has 0 saturated carbocycles. The van der Waals surface area contributed by atoms with Crippen molar-refractivity contribution in [3.63, 3.8) is 0 Å². The number of aliphatic hydroxyl groups is 1. The van der Waals surface area contributed by atoms with Gasteiger partial charge >= 0.3 is 0 Å². The third-order valence-corrected chi connectivity index (χ3v) is 4.52. The van der Waals surface area contributed by atoms with Gasteiger partial charge in [-0.2, -0.15) is 0 Å². The molecule has 8 heteroatoms. The highest BCUT2D eigenvalue weighted by molar-refractivity contribution is 5.40. The van der Waals surface area contributed by atoms with E-state index in [0.29, 0.717) is 18.0 Å². The number of piperazine rings is 1. The van der Waals surface area contributed by atoms with Crippen molar-refractivity contribution in [3.05, 3.63) is 23.8 Å². The van der Waals surface area contributed by atoms with Crippen LogP contribution in [0.1, 0.15) is 12.5 Å². The minimum absolute atomic E-state index is 0.135. The summed E-state index contributed by atoms with van der Waals surface area (Å²) in [6, 6.07) is 5.25. The average Bonchev–Trinajstić information content (AvgIpc) is 2.61. The Labute approximate surface area is 160 Å². The molecule has 1 aliphatic rings. The van der Waals surface area contributed by atoms with Gasteiger partial charge in [0.1, 0.15) is 24.2 Å². The molecule has 0 spiro atoms. The molecule has 1 aromatic rings. The van der Waals surface area contributed by atoms with E-state index in [1.165, 1.54) is 0 Å². The van der Waals surface area contributed by atoms with Crippen LogP contribution in [0.2, 0.25) is 0 Å². The van der Waals surface area contributed by atoms with Gasteiger partial charge in [-0.05, 0) is 13.1 Å². The van der Waals surface area contributed by atoms with Crippen molar-refractivity contribution in [2.24, 2.45) is 0 Å². The van der Waals surface area contributed by atoms with Gasteiger partial charge in [0.15, 0.2) is 0 Å². The number of ether oxygens (including phenoxy) is 2. The molecule has 1 aromatic carbocycles. The SMILES string of the molecule is COc1ccc(CNCC(C)(F)F)c(OCC(O)CN2CCN(C)CC2)c1. The number of halogens is 2. The van der Waals surface area contributed by atoms with Crippen LogP contribution in [-0.2, 0) is 6.54 Å². The predicted molar refractivity (Wildman–Crippen MR) is 101 cm³/mol. The predicted octanol–water partition coefficient (Wildman–Crippen LogP) is 1.43. The van der Waals surface area contributed by atoms with E-state index >= 15 is 0 Å². The fraction of sp³-hybridized carbons (Fsp3) is 0.684. The zero-order valence-corrected chi connectivity index (χ0v) is 16.4. The number of aliphatic hydroxyl groups excluding tert-OH is 1. The number of rotatable bonds is 10. The molecule has 154 valence electrons. The molecule has 1 unspecified atom stereocenters. The molecule has 2 rings (SSSR count). The van der Waals surface area contributed by atoms with Crippen LogP contribution in [0, 0.1) is 0 Å². The number of likely N-dealkylation sites (N-methyl/N-ethyl adjacent to an activating group) is 1. The molecule has 0 bridgehead atoms. The molecule has 0 amide bonds. The summed E-state index contributed by atoms with van der Waals surface area (Å²) in [5, 5.41) is 13.0. The van der Waals surface area contributed by atoms with Gasteiger partial charge in [0.05, 0.1) is 13.7 Å². The monoisotopic (exact) mass is 387 g/mol. The molecule has 1 heterocycles. The Hall–Kier alpha value is -1.48. The number of nitrogens with one attached hydrogen (secondary N) is 1. The van der Waals surface area contributed by atoms with Crippen LogP contribution in [0.4, 0.5) is 8.78 Å². The van der Waals surface area contributed by atoms with E-state index in [1.807, 2.05) is 0 Å². The Morgan fingerprint density at radius 2 is 1.96 bits per heavy atom. The zero-order valence-electron chi connectivity index (χ0n) is 16.4. The lowest BCUT2D eigenvalue weighted by Crippen LogP contribution is -2.47. The van der Waals surface area contributed by atoms with Crippen molar-refractivity contribution in [2.75, 3.05) is 60.0 Å². The summed E-state index contributed by atoms with van der Waals surface area (Å²) in [5.41, 5.74) is 0.742. The van der Waals surface area contributed by atoms with E-state index in [-0.39, 0.29) is 13.2 Å². The Morgan fingerprint density at radius 3 is 2.59 bits per heavy atom. The second-order valence-corrected chi connectivity index (χ2v) is 7.22. The topological polar surface area (TPSA) is 57.2 Å². The summed E-state index contributed by atoms with van der Waals surface area (Å²) in [5.74, 6) is -1.63. The minimum atomic E-state index is -2.77. The van der Waals surface area contributed by atoms with Crippen molar-refractivity contribution >= 4 is 0 Å². The highest BCUT2D eigenvalue weighted by Gasteiger charge is 2.21. The maximum Gasteiger partial charge on any atom is 0.257 e. The van der Waals surface area contributed by atoms with E-state index < -0.39 is 18.6 Å². The molecule has 0 aliphatic carbocycles. The van der Waals surface area contributed by atoms with E-state index in [2.05, 4.69) is 22.2 Å². The number of β-amino-alcohol motifs (C(OH)–C–C–N with tert-alkyl or cyclic N) is 1. The first-order valence-electron chi connectivity index (χ1n) is 9.24. The van der Waals surface area contributed by atoms with Crippen LogP contribution in [0.3, 0.4) is 0 Å². The van der Waals surface area contributed by atoms with Gasteiger partial charge in [0.25, 0.3) is 5.92 Å². The molecular weight excluding hydrogens is 356 g/mol. The average molecular weight is 387 g/mol. The quantitative estimate of drug-likeness (QED) is 0.634. The van der Waals surface area contributed by atoms with Crippen molar-refractivity contribution in [3.8, 4) is 11.5 Å². The van der Waals surface area contributed by atoms with Gasteiger partial charge < -0.3 is 24.8 Å². The molecule has 0 radical (unpaired) electrons. The van der Waals surface area contributed by atoms with Crippen LogP contribution in [0.25, 0.3) is 0 Å². The first kappa shape index (κ1) is 21.8. The Morgan fingerprint density at radius 1 is 1.26 bits per heavy atom. The Kier molecular flexibility index (Phi) is 8.22. The molecule has 1 atom stereocenters. The fourth-order valence-corrected chi connectivity index (χ4v) is 2.93. The lowest BCUT2D eigenvalue weighted by molar-refractivity contribution is 0.0223. The van der Waals surface area contributed by atoms with Crippen molar-refractivity contribution in [1.82, 2.24) is 15.1 Å². The van der Waals surface area contributed by atoms with Gasteiger partial charge in [0.2, 0.25) is 0 Å². The molecule has 2 N–H and O–H groups in total. The third-order valence-electron chi connectivity index (χ3n) is 4.52.